The average molecular weight is 199 g/mol. The molecule has 2 heterocycles. The molecule has 0 saturated carbocycles. The maximum absolute atomic E-state index is 5.58. The van der Waals surface area contributed by atoms with Crippen molar-refractivity contribution < 1.29 is 0 Å². The highest BCUT2D eigenvalue weighted by Crippen LogP contribution is 2.14. The van der Waals surface area contributed by atoms with Gasteiger partial charge >= 0.3 is 0 Å². The fourth-order valence-electron chi connectivity index (χ4n) is 0.808. The van der Waals surface area contributed by atoms with Gasteiger partial charge < -0.3 is 5.84 Å². The molecule has 0 bridgehead atoms. The van der Waals surface area contributed by atoms with Crippen molar-refractivity contribution >= 4 is 23.6 Å². The minimum atomic E-state index is 0.387. The molecular formula is C5H5N5S2. The van der Waals surface area contributed by atoms with Crippen LogP contribution in [0.4, 0.5) is 0 Å². The van der Waals surface area contributed by atoms with Gasteiger partial charge in [-0.15, -0.1) is 11.3 Å². The number of nitrogen functional groups attached to an aromatic ring is 1. The number of hydrogen-bond donors (Lipinski definition) is 2. The first-order valence-corrected chi connectivity index (χ1v) is 4.45. The number of aromatic nitrogens is 4. The predicted octanol–water partition coefficient (Wildman–Crippen LogP) is 0.778. The van der Waals surface area contributed by atoms with E-state index in [4.69, 9.17) is 18.1 Å². The Kier molecular flexibility index (Phi) is 1.66. The van der Waals surface area contributed by atoms with Crippen molar-refractivity contribution in [2.75, 3.05) is 5.84 Å². The van der Waals surface area contributed by atoms with Crippen LogP contribution in [0.2, 0.25) is 0 Å². The minimum Gasteiger partial charge on any atom is -0.335 e. The van der Waals surface area contributed by atoms with Crippen LogP contribution in [0.1, 0.15) is 0 Å². The number of H-pyrrole nitrogens is 1. The lowest BCUT2D eigenvalue weighted by Crippen LogP contribution is -2.09. The number of hydrogen-bond acceptors (Lipinski definition) is 5. The Morgan fingerprint density at radius 3 is 3.00 bits per heavy atom. The van der Waals surface area contributed by atoms with Crippen LogP contribution >= 0.6 is 23.6 Å². The zero-order valence-corrected chi connectivity index (χ0v) is 7.52. The number of nitrogens with two attached hydrogens (primary N) is 1. The summed E-state index contributed by atoms with van der Waals surface area (Å²) in [5.74, 6) is 6.13. The van der Waals surface area contributed by atoms with Gasteiger partial charge in [-0.2, -0.15) is 5.10 Å². The molecular weight excluding hydrogens is 194 g/mol. The summed E-state index contributed by atoms with van der Waals surface area (Å²) in [6.45, 7) is 0. The first-order chi connectivity index (χ1) is 5.79. The van der Waals surface area contributed by atoms with Crippen LogP contribution < -0.4 is 5.84 Å². The number of aromatic amines is 1. The highest BCUT2D eigenvalue weighted by atomic mass is 32.1. The summed E-state index contributed by atoms with van der Waals surface area (Å²) < 4.78 is 1.68. The van der Waals surface area contributed by atoms with Crippen molar-refractivity contribution in [2.24, 2.45) is 0 Å². The maximum atomic E-state index is 5.58. The van der Waals surface area contributed by atoms with E-state index in [1.54, 1.807) is 5.51 Å². The van der Waals surface area contributed by atoms with Gasteiger partial charge in [0.2, 0.25) is 10.6 Å². The Hall–Kier alpha value is -1.21. The highest BCUT2D eigenvalue weighted by Gasteiger charge is 2.06. The molecule has 5 nitrogen and oxygen atoms in total. The van der Waals surface area contributed by atoms with E-state index in [2.05, 4.69) is 15.2 Å². The summed E-state index contributed by atoms with van der Waals surface area (Å²) in [6.07, 6.45) is 0. The third kappa shape index (κ3) is 1.03. The summed E-state index contributed by atoms with van der Waals surface area (Å²) in [5, 5.41) is 8.36. The number of nitrogens with one attached hydrogen (secondary N) is 1. The van der Waals surface area contributed by atoms with Gasteiger partial charge in [0.15, 0.2) is 0 Å². The van der Waals surface area contributed by atoms with Gasteiger partial charge in [0.1, 0.15) is 5.69 Å². The van der Waals surface area contributed by atoms with Crippen LogP contribution in [0.5, 0.6) is 0 Å². The first-order valence-electron chi connectivity index (χ1n) is 3.10. The SMILES string of the molecule is Nn1c(-c2cscn2)n[nH]c1=S. The number of rotatable bonds is 1. The summed E-state index contributed by atoms with van der Waals surface area (Å²) in [6, 6.07) is 0. The molecule has 0 radical (unpaired) electrons. The predicted molar refractivity (Wildman–Crippen MR) is 48.7 cm³/mol. The lowest BCUT2D eigenvalue weighted by atomic mass is 10.5. The molecule has 0 atom stereocenters. The van der Waals surface area contributed by atoms with Gasteiger partial charge in [-0.3, -0.25) is 0 Å². The molecule has 12 heavy (non-hydrogen) atoms. The zero-order chi connectivity index (χ0) is 8.55. The third-order valence-corrected chi connectivity index (χ3v) is 2.24. The first kappa shape index (κ1) is 7.44. The Morgan fingerprint density at radius 1 is 1.67 bits per heavy atom. The molecule has 3 N–H and O–H groups in total. The molecule has 2 rings (SSSR count). The molecule has 0 fully saturated rings. The van der Waals surface area contributed by atoms with Crippen molar-refractivity contribution in [3.8, 4) is 11.5 Å². The third-order valence-electron chi connectivity index (χ3n) is 1.37. The fraction of sp³-hybridized carbons (Fsp3) is 0. The smallest absolute Gasteiger partial charge is 0.214 e. The Labute approximate surface area is 76.8 Å². The van der Waals surface area contributed by atoms with Crippen LogP contribution in [0.25, 0.3) is 11.5 Å². The topological polar surface area (TPSA) is 72.5 Å². The molecule has 0 spiro atoms. The molecule has 0 aliphatic heterocycles. The van der Waals surface area contributed by atoms with E-state index in [9.17, 15) is 0 Å². The van der Waals surface area contributed by atoms with E-state index in [1.807, 2.05) is 5.38 Å². The van der Waals surface area contributed by atoms with Crippen molar-refractivity contribution in [1.29, 1.82) is 0 Å². The van der Waals surface area contributed by atoms with E-state index < -0.39 is 0 Å². The van der Waals surface area contributed by atoms with Crippen molar-refractivity contribution in [1.82, 2.24) is 19.9 Å². The summed E-state index contributed by atoms with van der Waals surface area (Å²) >= 11 is 6.33. The molecule has 62 valence electrons. The second kappa shape index (κ2) is 2.68. The molecule has 0 aliphatic carbocycles. The van der Waals surface area contributed by atoms with Gasteiger partial charge in [0.25, 0.3) is 0 Å². The monoisotopic (exact) mass is 199 g/mol. The van der Waals surface area contributed by atoms with E-state index in [0.29, 0.717) is 10.6 Å². The average Bonchev–Trinajstić information content (AvgIpc) is 2.64. The Balaban J connectivity index is 2.62. The van der Waals surface area contributed by atoms with Crippen LogP contribution in [-0.4, -0.2) is 19.9 Å². The quantitative estimate of drug-likeness (QED) is 0.526. The lowest BCUT2D eigenvalue weighted by Gasteiger charge is -1.93. The van der Waals surface area contributed by atoms with E-state index in [-0.39, 0.29) is 0 Å². The van der Waals surface area contributed by atoms with Crippen LogP contribution in [0.3, 0.4) is 0 Å². The number of thiazole rings is 1. The fourth-order valence-corrected chi connectivity index (χ4v) is 1.47. The van der Waals surface area contributed by atoms with Crippen molar-refractivity contribution in [3.05, 3.63) is 15.7 Å². The molecule has 0 saturated heterocycles. The van der Waals surface area contributed by atoms with Gasteiger partial charge in [0.05, 0.1) is 5.51 Å². The van der Waals surface area contributed by atoms with Crippen LogP contribution in [0, 0.1) is 4.77 Å². The van der Waals surface area contributed by atoms with Gasteiger partial charge in [-0.1, -0.05) is 0 Å². The standard InChI is InChI=1S/C5H5N5S2/c6-10-4(8-9-5(10)11)3-1-12-2-7-3/h1-2H,6H2,(H,9,11). The summed E-state index contributed by atoms with van der Waals surface area (Å²) in [7, 11) is 0. The molecule has 2 aromatic heterocycles. The van der Waals surface area contributed by atoms with Gasteiger partial charge in [-0.05, 0) is 12.2 Å². The molecule has 2 aromatic rings. The second-order valence-corrected chi connectivity index (χ2v) is 3.20. The highest BCUT2D eigenvalue weighted by molar-refractivity contribution is 7.71. The molecule has 0 unspecified atom stereocenters. The normalized spacial score (nSPS) is 10.3. The second-order valence-electron chi connectivity index (χ2n) is 2.10. The Bertz CT molecular complexity index is 425. The maximum Gasteiger partial charge on any atom is 0.214 e. The van der Waals surface area contributed by atoms with Crippen molar-refractivity contribution in [3.63, 3.8) is 0 Å². The van der Waals surface area contributed by atoms with E-state index in [1.165, 1.54) is 16.0 Å². The number of nitrogens with zero attached hydrogens (tertiary/aromatic N) is 3. The minimum absolute atomic E-state index is 0.387. The molecule has 7 heteroatoms. The van der Waals surface area contributed by atoms with Gasteiger partial charge in [-0.25, -0.2) is 14.8 Å². The zero-order valence-electron chi connectivity index (χ0n) is 5.89. The van der Waals surface area contributed by atoms with Crippen LogP contribution in [0.15, 0.2) is 10.9 Å². The molecule has 0 amide bonds. The lowest BCUT2D eigenvalue weighted by molar-refractivity contribution is 0.979. The Morgan fingerprint density at radius 2 is 2.50 bits per heavy atom. The van der Waals surface area contributed by atoms with E-state index in [0.717, 1.165) is 5.69 Å². The molecule has 0 aromatic carbocycles. The summed E-state index contributed by atoms with van der Waals surface area (Å²) in [4.78, 5) is 4.05. The van der Waals surface area contributed by atoms with Crippen molar-refractivity contribution in [2.45, 2.75) is 0 Å². The summed E-state index contributed by atoms with van der Waals surface area (Å²) in [5.41, 5.74) is 2.45. The van der Waals surface area contributed by atoms with E-state index >= 15 is 0 Å². The van der Waals surface area contributed by atoms with Gasteiger partial charge in [0, 0.05) is 5.38 Å². The largest absolute Gasteiger partial charge is 0.335 e. The molecule has 0 aliphatic rings. The van der Waals surface area contributed by atoms with Crippen LogP contribution in [-0.2, 0) is 0 Å².